The smallest absolute Gasteiger partial charge is 0.307 e. The number of carboxylic acid groups (broad SMARTS) is 1. The number of carbonyl (C=O) groups is 1. The number of aliphatic carboxylic acids is 1. The van der Waals surface area contributed by atoms with Gasteiger partial charge in [-0.3, -0.25) is 4.79 Å². The van der Waals surface area contributed by atoms with Crippen molar-refractivity contribution in [1.29, 1.82) is 0 Å². The second-order valence-corrected chi connectivity index (χ2v) is 6.97. The molecule has 0 amide bonds. The highest BCUT2D eigenvalue weighted by Crippen LogP contribution is 2.39. The lowest BCUT2D eigenvalue weighted by Gasteiger charge is -2.14. The van der Waals surface area contributed by atoms with E-state index >= 15 is 0 Å². The fraction of sp³-hybridized carbons (Fsp3) is 0.200. The number of rotatable bonds is 4. The van der Waals surface area contributed by atoms with Crippen molar-refractivity contribution in [3.8, 4) is 22.8 Å². The number of nitrogens with zero attached hydrogens (tertiary/aromatic N) is 1. The zero-order chi connectivity index (χ0) is 18.3. The number of hydrogen-bond acceptors (Lipinski definition) is 5. The van der Waals surface area contributed by atoms with Crippen LogP contribution in [-0.4, -0.2) is 29.1 Å². The molecule has 1 N–H and O–H groups in total. The molecule has 1 aromatic heterocycles. The van der Waals surface area contributed by atoms with E-state index in [0.717, 1.165) is 32.5 Å². The first-order valence-electron chi connectivity index (χ1n) is 8.16. The first kappa shape index (κ1) is 19.3. The summed E-state index contributed by atoms with van der Waals surface area (Å²) in [6.45, 7) is 2.12. The number of halogens is 1. The van der Waals surface area contributed by atoms with Gasteiger partial charge in [-0.1, -0.05) is 12.1 Å². The fourth-order valence-corrected chi connectivity index (χ4v) is 3.62. The van der Waals surface area contributed by atoms with E-state index in [1.807, 2.05) is 49.6 Å². The molecule has 0 radical (unpaired) electrons. The van der Waals surface area contributed by atoms with E-state index in [0.29, 0.717) is 17.2 Å². The van der Waals surface area contributed by atoms with Gasteiger partial charge in [-0.15, -0.1) is 24.2 Å². The van der Waals surface area contributed by atoms with Gasteiger partial charge in [0.05, 0.1) is 17.6 Å². The number of benzene rings is 2. The van der Waals surface area contributed by atoms with Crippen molar-refractivity contribution in [3.63, 3.8) is 0 Å². The van der Waals surface area contributed by atoms with Gasteiger partial charge in [0.1, 0.15) is 0 Å². The van der Waals surface area contributed by atoms with E-state index in [9.17, 15) is 9.90 Å². The molecule has 2 aromatic carbocycles. The van der Waals surface area contributed by atoms with Crippen LogP contribution < -0.4 is 9.47 Å². The Hall–Kier alpha value is -2.44. The van der Waals surface area contributed by atoms with Crippen LogP contribution >= 0.6 is 24.2 Å². The minimum absolute atomic E-state index is 0. The van der Waals surface area contributed by atoms with Crippen molar-refractivity contribution in [2.45, 2.75) is 18.2 Å². The highest BCUT2D eigenvalue weighted by Gasteiger charge is 2.20. The number of pyridine rings is 1. The molecule has 0 atom stereocenters. The van der Waals surface area contributed by atoms with E-state index in [1.165, 1.54) is 0 Å². The van der Waals surface area contributed by atoms with Crippen LogP contribution in [0.2, 0.25) is 0 Å². The van der Waals surface area contributed by atoms with Gasteiger partial charge in [0.15, 0.2) is 11.5 Å². The van der Waals surface area contributed by atoms with Gasteiger partial charge in [0, 0.05) is 21.9 Å². The van der Waals surface area contributed by atoms with E-state index in [1.54, 1.807) is 11.8 Å². The normalized spacial score (nSPS) is 12.1. The monoisotopic (exact) mass is 403 g/mol. The summed E-state index contributed by atoms with van der Waals surface area (Å²) < 4.78 is 10.9. The van der Waals surface area contributed by atoms with Crippen molar-refractivity contribution < 1.29 is 19.4 Å². The van der Waals surface area contributed by atoms with Gasteiger partial charge in [0.2, 0.25) is 6.79 Å². The average Bonchev–Trinajstić information content (AvgIpc) is 3.10. The van der Waals surface area contributed by atoms with E-state index in [2.05, 4.69) is 0 Å². The van der Waals surface area contributed by atoms with Gasteiger partial charge < -0.3 is 14.6 Å². The van der Waals surface area contributed by atoms with Crippen molar-refractivity contribution in [1.82, 2.24) is 4.98 Å². The summed E-state index contributed by atoms with van der Waals surface area (Å²) in [6.07, 6.45) is 1.94. The summed E-state index contributed by atoms with van der Waals surface area (Å²) in [4.78, 5) is 17.4. The quantitative estimate of drug-likeness (QED) is 0.636. The molecule has 0 fully saturated rings. The molecular weight excluding hydrogens is 386 g/mol. The summed E-state index contributed by atoms with van der Waals surface area (Å²) >= 11 is 1.66. The number of fused-ring (bicyclic) bond motifs is 2. The van der Waals surface area contributed by atoms with Crippen LogP contribution in [0.1, 0.15) is 11.1 Å². The summed E-state index contributed by atoms with van der Waals surface area (Å²) in [5.41, 5.74) is 4.00. The Morgan fingerprint density at radius 1 is 1.19 bits per heavy atom. The predicted octanol–water partition coefficient (Wildman–Crippen LogP) is 4.71. The highest BCUT2D eigenvalue weighted by molar-refractivity contribution is 7.98. The number of carboxylic acids is 1. The molecule has 0 aliphatic carbocycles. The Labute approximate surface area is 167 Å². The maximum atomic E-state index is 11.5. The SMILES string of the molecule is CSc1ccc(-c2nc3cc4c(cc3c(C)c2CC(=O)O)OCO4)cc1.Cl. The molecule has 1 aliphatic heterocycles. The van der Waals surface area contributed by atoms with Crippen LogP contribution in [0, 0.1) is 6.92 Å². The molecule has 0 saturated heterocycles. The van der Waals surface area contributed by atoms with E-state index in [-0.39, 0.29) is 25.6 Å². The summed E-state index contributed by atoms with van der Waals surface area (Å²) in [5, 5.41) is 10.3. The van der Waals surface area contributed by atoms with Crippen molar-refractivity contribution >= 4 is 41.0 Å². The van der Waals surface area contributed by atoms with Crippen molar-refractivity contribution in [2.24, 2.45) is 0 Å². The van der Waals surface area contributed by atoms with Gasteiger partial charge in [-0.2, -0.15) is 0 Å². The Balaban J connectivity index is 0.00000210. The minimum atomic E-state index is -0.878. The topological polar surface area (TPSA) is 68.7 Å². The van der Waals surface area contributed by atoms with Gasteiger partial charge >= 0.3 is 5.97 Å². The lowest BCUT2D eigenvalue weighted by atomic mass is 9.95. The fourth-order valence-electron chi connectivity index (χ4n) is 3.21. The number of ether oxygens (including phenoxy) is 2. The van der Waals surface area contributed by atoms with Gasteiger partial charge in [0.25, 0.3) is 0 Å². The number of aryl methyl sites for hydroxylation is 1. The molecule has 0 saturated carbocycles. The molecule has 3 aromatic rings. The molecule has 0 unspecified atom stereocenters. The average molecular weight is 404 g/mol. The molecule has 5 nitrogen and oxygen atoms in total. The number of thioether (sulfide) groups is 1. The van der Waals surface area contributed by atoms with Crippen LogP contribution in [0.4, 0.5) is 0 Å². The van der Waals surface area contributed by atoms with Crippen LogP contribution in [0.3, 0.4) is 0 Å². The number of hydrogen-bond donors (Lipinski definition) is 1. The first-order valence-corrected chi connectivity index (χ1v) is 9.38. The first-order chi connectivity index (χ1) is 12.6. The molecule has 0 spiro atoms. The maximum absolute atomic E-state index is 11.5. The highest BCUT2D eigenvalue weighted by atomic mass is 35.5. The maximum Gasteiger partial charge on any atom is 0.307 e. The third-order valence-electron chi connectivity index (χ3n) is 4.56. The summed E-state index contributed by atoms with van der Waals surface area (Å²) in [7, 11) is 0. The standard InChI is InChI=1S/C20H17NO4S.ClH/c1-11-14-7-17-18(25-10-24-17)9-16(14)21-20(15(11)8-19(22)23)12-3-5-13(26-2)6-4-12;/h3-7,9H,8,10H2,1-2H3,(H,22,23);1H. The van der Waals surface area contributed by atoms with Crippen LogP contribution in [0.5, 0.6) is 11.5 Å². The predicted molar refractivity (Wildman–Crippen MR) is 108 cm³/mol. The number of aromatic nitrogens is 1. The lowest BCUT2D eigenvalue weighted by molar-refractivity contribution is -0.136. The van der Waals surface area contributed by atoms with Crippen molar-refractivity contribution in [2.75, 3.05) is 13.0 Å². The molecule has 140 valence electrons. The van der Waals surface area contributed by atoms with Crippen molar-refractivity contribution in [3.05, 3.63) is 47.5 Å². The summed E-state index contributed by atoms with van der Waals surface area (Å²) in [6, 6.07) is 11.7. The molecule has 0 bridgehead atoms. The van der Waals surface area contributed by atoms with Crippen LogP contribution in [0.15, 0.2) is 41.3 Å². The van der Waals surface area contributed by atoms with Crippen LogP contribution in [-0.2, 0) is 11.2 Å². The van der Waals surface area contributed by atoms with Crippen LogP contribution in [0.25, 0.3) is 22.2 Å². The minimum Gasteiger partial charge on any atom is -0.481 e. The van der Waals surface area contributed by atoms with E-state index in [4.69, 9.17) is 14.5 Å². The Bertz CT molecular complexity index is 1020. The molecule has 27 heavy (non-hydrogen) atoms. The van der Waals surface area contributed by atoms with Gasteiger partial charge in [-0.05, 0) is 42.5 Å². The Kier molecular flexibility index (Phi) is 5.48. The Morgan fingerprint density at radius 3 is 2.48 bits per heavy atom. The molecule has 7 heteroatoms. The zero-order valence-electron chi connectivity index (χ0n) is 14.8. The summed E-state index contributed by atoms with van der Waals surface area (Å²) in [5.74, 6) is 0.455. The Morgan fingerprint density at radius 2 is 1.85 bits per heavy atom. The zero-order valence-corrected chi connectivity index (χ0v) is 16.4. The third-order valence-corrected chi connectivity index (χ3v) is 5.30. The molecule has 1 aliphatic rings. The molecule has 2 heterocycles. The lowest BCUT2D eigenvalue weighted by Crippen LogP contribution is -2.06. The second-order valence-electron chi connectivity index (χ2n) is 6.09. The largest absolute Gasteiger partial charge is 0.481 e. The molecular formula is C20H18ClNO4S. The van der Waals surface area contributed by atoms with E-state index < -0.39 is 5.97 Å². The second kappa shape index (κ2) is 7.66. The van der Waals surface area contributed by atoms with Gasteiger partial charge in [-0.25, -0.2) is 4.98 Å². The molecule has 4 rings (SSSR count). The third kappa shape index (κ3) is 3.55.